The normalized spacial score (nSPS) is 12.3. The third-order valence-corrected chi connectivity index (χ3v) is 5.07. The maximum Gasteiger partial charge on any atom is 0.338 e. The van der Waals surface area contributed by atoms with Gasteiger partial charge in [-0.15, -0.1) is 0 Å². The monoisotopic (exact) mass is 461 g/mol. The van der Waals surface area contributed by atoms with E-state index in [-0.39, 0.29) is 23.2 Å². The standard InChI is InChI=1S/C24H19N3O7/c1-14-5-2-3-7-19(14)27-21(29)17-9-8-15(11-18(17)22(27)30)23(31)34-13-20(28)26-24(32)25-12-16-6-4-10-33-16/h2-11H,12-13H2,1H3,(H2,25,26,28,32). The summed E-state index contributed by atoms with van der Waals surface area (Å²) in [5, 5.41) is 4.43. The van der Waals surface area contributed by atoms with Crippen molar-refractivity contribution >= 4 is 35.4 Å². The molecular formula is C24H19N3O7. The van der Waals surface area contributed by atoms with E-state index < -0.39 is 36.3 Å². The number of amides is 5. The van der Waals surface area contributed by atoms with Gasteiger partial charge in [-0.05, 0) is 48.9 Å². The van der Waals surface area contributed by atoms with Crippen molar-refractivity contribution in [2.75, 3.05) is 11.5 Å². The molecule has 10 heteroatoms. The lowest BCUT2D eigenvalue weighted by Crippen LogP contribution is -2.41. The van der Waals surface area contributed by atoms with Crippen molar-refractivity contribution in [3.63, 3.8) is 0 Å². The Bertz CT molecular complexity index is 1300. The SMILES string of the molecule is Cc1ccccc1N1C(=O)c2ccc(C(=O)OCC(=O)NC(=O)NCc3ccco3)cc2C1=O. The Labute approximate surface area is 193 Å². The fourth-order valence-electron chi connectivity index (χ4n) is 3.40. The van der Waals surface area contributed by atoms with Crippen LogP contribution in [0, 0.1) is 6.92 Å². The van der Waals surface area contributed by atoms with Gasteiger partial charge in [-0.1, -0.05) is 18.2 Å². The second-order valence-corrected chi connectivity index (χ2v) is 7.38. The maximum absolute atomic E-state index is 12.9. The van der Waals surface area contributed by atoms with Crippen LogP contribution >= 0.6 is 0 Å². The Balaban J connectivity index is 1.36. The molecule has 4 rings (SSSR count). The third kappa shape index (κ3) is 4.56. The first-order chi connectivity index (χ1) is 16.3. The summed E-state index contributed by atoms with van der Waals surface area (Å²) >= 11 is 0. The first-order valence-corrected chi connectivity index (χ1v) is 10.2. The van der Waals surface area contributed by atoms with E-state index in [2.05, 4.69) is 5.32 Å². The molecule has 0 spiro atoms. The molecule has 0 fully saturated rings. The van der Waals surface area contributed by atoms with E-state index in [1.165, 1.54) is 24.5 Å². The largest absolute Gasteiger partial charge is 0.467 e. The van der Waals surface area contributed by atoms with Gasteiger partial charge >= 0.3 is 12.0 Å². The minimum Gasteiger partial charge on any atom is -0.467 e. The highest BCUT2D eigenvalue weighted by Crippen LogP contribution is 2.31. The topological polar surface area (TPSA) is 135 Å². The minimum atomic E-state index is -0.886. The summed E-state index contributed by atoms with van der Waals surface area (Å²) in [5.41, 5.74) is 1.41. The number of ether oxygens (including phenoxy) is 1. The van der Waals surface area contributed by atoms with E-state index in [1.54, 1.807) is 43.3 Å². The molecule has 0 radical (unpaired) electrons. The molecular weight excluding hydrogens is 442 g/mol. The van der Waals surface area contributed by atoms with Crippen LogP contribution < -0.4 is 15.5 Å². The van der Waals surface area contributed by atoms with Crippen LogP contribution in [0.3, 0.4) is 0 Å². The molecule has 0 atom stereocenters. The number of furan rings is 1. The number of aryl methyl sites for hydroxylation is 1. The highest BCUT2D eigenvalue weighted by molar-refractivity contribution is 6.34. The van der Waals surface area contributed by atoms with Crippen LogP contribution in [0.4, 0.5) is 10.5 Å². The Hall–Kier alpha value is -4.73. The molecule has 1 aromatic heterocycles. The molecule has 10 nitrogen and oxygen atoms in total. The van der Waals surface area contributed by atoms with Crippen molar-refractivity contribution in [2.45, 2.75) is 13.5 Å². The van der Waals surface area contributed by atoms with Gasteiger partial charge in [0.1, 0.15) is 5.76 Å². The van der Waals surface area contributed by atoms with Crippen LogP contribution in [0.1, 0.15) is 42.4 Å². The van der Waals surface area contributed by atoms with Crippen LogP contribution in [-0.4, -0.2) is 36.3 Å². The molecule has 172 valence electrons. The number of urea groups is 1. The smallest absolute Gasteiger partial charge is 0.338 e. The zero-order chi connectivity index (χ0) is 24.2. The lowest BCUT2D eigenvalue weighted by molar-refractivity contribution is -0.123. The molecule has 2 N–H and O–H groups in total. The fourth-order valence-corrected chi connectivity index (χ4v) is 3.40. The quantitative estimate of drug-likeness (QED) is 0.425. The van der Waals surface area contributed by atoms with Crippen molar-refractivity contribution in [2.24, 2.45) is 0 Å². The highest BCUT2D eigenvalue weighted by atomic mass is 16.5. The van der Waals surface area contributed by atoms with Crippen molar-refractivity contribution in [3.05, 3.63) is 88.9 Å². The molecule has 1 aliphatic heterocycles. The van der Waals surface area contributed by atoms with E-state index in [4.69, 9.17) is 9.15 Å². The maximum atomic E-state index is 12.9. The molecule has 0 saturated carbocycles. The van der Waals surface area contributed by atoms with Crippen molar-refractivity contribution in [1.82, 2.24) is 10.6 Å². The molecule has 5 amide bonds. The van der Waals surface area contributed by atoms with Crippen LogP contribution in [0.15, 0.2) is 65.3 Å². The lowest BCUT2D eigenvalue weighted by Gasteiger charge is -2.16. The summed E-state index contributed by atoms with van der Waals surface area (Å²) in [5.74, 6) is -2.28. The number of nitrogens with one attached hydrogen (secondary N) is 2. The van der Waals surface area contributed by atoms with Crippen LogP contribution in [0.25, 0.3) is 0 Å². The van der Waals surface area contributed by atoms with E-state index in [0.717, 1.165) is 10.5 Å². The summed E-state index contributed by atoms with van der Waals surface area (Å²) < 4.78 is 9.99. The summed E-state index contributed by atoms with van der Waals surface area (Å²) in [7, 11) is 0. The third-order valence-electron chi connectivity index (χ3n) is 5.07. The zero-order valence-corrected chi connectivity index (χ0v) is 18.0. The number of carbonyl (C=O) groups is 5. The molecule has 2 aromatic carbocycles. The molecule has 0 bridgehead atoms. The Morgan fingerprint density at radius 1 is 0.971 bits per heavy atom. The summed E-state index contributed by atoms with van der Waals surface area (Å²) in [6.07, 6.45) is 1.45. The average Bonchev–Trinajstić information content (AvgIpc) is 3.43. The highest BCUT2D eigenvalue weighted by Gasteiger charge is 2.37. The van der Waals surface area contributed by atoms with E-state index in [0.29, 0.717) is 11.4 Å². The number of hydrogen-bond donors (Lipinski definition) is 2. The van der Waals surface area contributed by atoms with Crippen LogP contribution in [0.2, 0.25) is 0 Å². The number of esters is 1. The van der Waals surface area contributed by atoms with E-state index in [9.17, 15) is 24.0 Å². The molecule has 0 saturated heterocycles. The fraction of sp³-hybridized carbons (Fsp3) is 0.125. The van der Waals surface area contributed by atoms with Gasteiger partial charge in [-0.25, -0.2) is 14.5 Å². The lowest BCUT2D eigenvalue weighted by atomic mass is 10.1. The average molecular weight is 461 g/mol. The van der Waals surface area contributed by atoms with Gasteiger partial charge in [0.25, 0.3) is 17.7 Å². The molecule has 34 heavy (non-hydrogen) atoms. The van der Waals surface area contributed by atoms with Gasteiger partial charge in [0.2, 0.25) is 0 Å². The van der Waals surface area contributed by atoms with Crippen molar-refractivity contribution < 1.29 is 33.1 Å². The van der Waals surface area contributed by atoms with Gasteiger partial charge in [0.05, 0.1) is 35.2 Å². The number of fused-ring (bicyclic) bond motifs is 1. The molecule has 1 aliphatic rings. The van der Waals surface area contributed by atoms with Gasteiger partial charge < -0.3 is 14.5 Å². The second-order valence-electron chi connectivity index (χ2n) is 7.38. The number of hydrogen-bond acceptors (Lipinski definition) is 7. The summed E-state index contributed by atoms with van der Waals surface area (Å²) in [4.78, 5) is 62.7. The van der Waals surface area contributed by atoms with Crippen LogP contribution in [-0.2, 0) is 16.1 Å². The number of nitrogens with zero attached hydrogens (tertiary/aromatic N) is 1. The first kappa shape index (κ1) is 22.5. The first-order valence-electron chi connectivity index (χ1n) is 10.2. The summed E-state index contributed by atoms with van der Waals surface area (Å²) in [6.45, 7) is 1.14. The van der Waals surface area contributed by atoms with Gasteiger partial charge in [-0.2, -0.15) is 0 Å². The Kier molecular flexibility index (Phi) is 6.22. The molecule has 0 unspecified atom stereocenters. The number of benzene rings is 2. The second kappa shape index (κ2) is 9.41. The number of anilines is 1. The number of carbonyl (C=O) groups excluding carboxylic acids is 5. The van der Waals surface area contributed by atoms with Crippen molar-refractivity contribution in [1.29, 1.82) is 0 Å². The number of rotatable bonds is 6. The predicted octanol–water partition coefficient (Wildman–Crippen LogP) is 2.57. The van der Waals surface area contributed by atoms with Crippen molar-refractivity contribution in [3.8, 4) is 0 Å². The Morgan fingerprint density at radius 2 is 1.74 bits per heavy atom. The number of imide groups is 2. The number of para-hydroxylation sites is 1. The van der Waals surface area contributed by atoms with E-state index in [1.807, 2.05) is 5.32 Å². The Morgan fingerprint density at radius 3 is 2.47 bits per heavy atom. The van der Waals surface area contributed by atoms with Gasteiger partial charge in [-0.3, -0.25) is 19.7 Å². The molecule has 3 aromatic rings. The predicted molar refractivity (Wildman–Crippen MR) is 118 cm³/mol. The van der Waals surface area contributed by atoms with Gasteiger partial charge in [0, 0.05) is 0 Å². The molecule has 2 heterocycles. The molecule has 0 aliphatic carbocycles. The van der Waals surface area contributed by atoms with Crippen LogP contribution in [0.5, 0.6) is 0 Å². The minimum absolute atomic E-state index is 0.0124. The van der Waals surface area contributed by atoms with Gasteiger partial charge in [0.15, 0.2) is 6.61 Å². The zero-order valence-electron chi connectivity index (χ0n) is 18.0. The summed E-state index contributed by atoms with van der Waals surface area (Å²) in [6, 6.07) is 13.4. The van der Waals surface area contributed by atoms with E-state index >= 15 is 0 Å².